The first kappa shape index (κ1) is 16.0. The lowest BCUT2D eigenvalue weighted by atomic mass is 10.1. The molecule has 0 atom stereocenters. The van der Waals surface area contributed by atoms with E-state index in [-0.39, 0.29) is 18.8 Å². The van der Waals surface area contributed by atoms with Gasteiger partial charge in [-0.1, -0.05) is 17.8 Å². The van der Waals surface area contributed by atoms with Crippen molar-refractivity contribution in [2.45, 2.75) is 11.7 Å². The first-order valence-corrected chi connectivity index (χ1v) is 8.20. The van der Waals surface area contributed by atoms with Crippen molar-refractivity contribution in [1.82, 2.24) is 25.1 Å². The molecule has 0 radical (unpaired) electrons. The molecule has 10 heteroatoms. The highest BCUT2D eigenvalue weighted by atomic mass is 32.2. The molecule has 0 saturated carbocycles. The van der Waals surface area contributed by atoms with Crippen LogP contribution in [0.5, 0.6) is 0 Å². The molecule has 1 aromatic carbocycles. The summed E-state index contributed by atoms with van der Waals surface area (Å²) >= 11 is 1.40. The predicted octanol–water partition coefficient (Wildman–Crippen LogP) is 1.07. The largest absolute Gasteiger partial charge is 0.465 e. The van der Waals surface area contributed by atoms with E-state index in [0.29, 0.717) is 21.6 Å². The molecule has 0 aliphatic rings. The number of carboxylic acid groups (broad SMARTS) is 1. The fraction of sp³-hybridized carbons (Fsp3) is 0.214. The molecule has 2 amide bonds. The summed E-state index contributed by atoms with van der Waals surface area (Å²) < 4.78 is 1.55. The van der Waals surface area contributed by atoms with Gasteiger partial charge in [0.05, 0.1) is 12.1 Å². The molecule has 0 saturated heterocycles. The van der Waals surface area contributed by atoms with Crippen molar-refractivity contribution in [3.05, 3.63) is 24.0 Å². The molecule has 124 valence electrons. The molecule has 0 bridgehead atoms. The average molecular weight is 346 g/mol. The highest BCUT2D eigenvalue weighted by Crippen LogP contribution is 2.27. The monoisotopic (exact) mass is 346 g/mol. The minimum absolute atomic E-state index is 0.131. The van der Waals surface area contributed by atoms with Crippen LogP contribution >= 0.6 is 11.8 Å². The van der Waals surface area contributed by atoms with Crippen LogP contribution in [0.25, 0.3) is 21.8 Å². The fourth-order valence-corrected chi connectivity index (χ4v) is 2.79. The van der Waals surface area contributed by atoms with Gasteiger partial charge >= 0.3 is 6.09 Å². The van der Waals surface area contributed by atoms with Crippen molar-refractivity contribution in [3.63, 3.8) is 0 Å². The number of primary amides is 1. The van der Waals surface area contributed by atoms with E-state index in [1.54, 1.807) is 23.0 Å². The lowest BCUT2D eigenvalue weighted by Gasteiger charge is -2.06. The number of rotatable bonds is 5. The van der Waals surface area contributed by atoms with Crippen LogP contribution in [-0.2, 0) is 6.54 Å². The van der Waals surface area contributed by atoms with Crippen molar-refractivity contribution < 1.29 is 14.7 Å². The van der Waals surface area contributed by atoms with Gasteiger partial charge in [0.25, 0.3) is 5.91 Å². The van der Waals surface area contributed by atoms with Gasteiger partial charge in [-0.3, -0.25) is 9.48 Å². The molecular weight excluding hydrogens is 332 g/mol. The van der Waals surface area contributed by atoms with Crippen molar-refractivity contribution in [3.8, 4) is 0 Å². The average Bonchev–Trinajstić information content (AvgIpc) is 2.93. The number of carbonyl (C=O) groups excluding carboxylic acids is 1. The minimum Gasteiger partial charge on any atom is -0.465 e. The highest BCUT2D eigenvalue weighted by Gasteiger charge is 2.18. The van der Waals surface area contributed by atoms with Gasteiger partial charge in [0.15, 0.2) is 10.9 Å². The smallest absolute Gasteiger partial charge is 0.404 e. The van der Waals surface area contributed by atoms with Gasteiger partial charge in [0.2, 0.25) is 0 Å². The van der Waals surface area contributed by atoms with E-state index in [1.165, 1.54) is 11.8 Å². The normalized spacial score (nSPS) is 11.0. The second-order valence-corrected chi connectivity index (χ2v) is 5.70. The number of nitrogens with zero attached hydrogens (tertiary/aromatic N) is 4. The summed E-state index contributed by atoms with van der Waals surface area (Å²) in [6.07, 6.45) is 2.44. The second-order valence-electron chi connectivity index (χ2n) is 4.92. The first-order chi connectivity index (χ1) is 11.5. The number of fused-ring (bicyclic) bond motifs is 3. The van der Waals surface area contributed by atoms with Gasteiger partial charge in [0.1, 0.15) is 5.52 Å². The van der Waals surface area contributed by atoms with Crippen molar-refractivity contribution in [2.24, 2.45) is 5.73 Å². The quantitative estimate of drug-likeness (QED) is 0.464. The van der Waals surface area contributed by atoms with Crippen LogP contribution in [-0.4, -0.2) is 49.7 Å². The number of aromatic nitrogens is 4. The lowest BCUT2D eigenvalue weighted by molar-refractivity contribution is 0.0996. The zero-order chi connectivity index (χ0) is 17.3. The molecule has 0 aliphatic heterocycles. The van der Waals surface area contributed by atoms with E-state index >= 15 is 0 Å². The maximum absolute atomic E-state index is 11.7. The van der Waals surface area contributed by atoms with Crippen molar-refractivity contribution >= 4 is 45.6 Å². The number of hydrogen-bond acceptors (Lipinski definition) is 6. The van der Waals surface area contributed by atoms with Crippen molar-refractivity contribution in [1.29, 1.82) is 0 Å². The Kier molecular flexibility index (Phi) is 4.21. The maximum atomic E-state index is 11.7. The van der Waals surface area contributed by atoms with Crippen LogP contribution in [0.3, 0.4) is 0 Å². The summed E-state index contributed by atoms with van der Waals surface area (Å²) in [7, 11) is 0. The van der Waals surface area contributed by atoms with E-state index in [0.717, 1.165) is 5.39 Å². The first-order valence-electron chi connectivity index (χ1n) is 6.98. The highest BCUT2D eigenvalue weighted by molar-refractivity contribution is 7.98. The fourth-order valence-electron chi connectivity index (χ4n) is 2.45. The van der Waals surface area contributed by atoms with Crippen LogP contribution < -0.4 is 11.1 Å². The summed E-state index contributed by atoms with van der Waals surface area (Å²) in [5, 5.41) is 17.2. The van der Waals surface area contributed by atoms with E-state index < -0.39 is 12.0 Å². The Balaban J connectivity index is 2.22. The molecule has 0 aliphatic carbocycles. The number of hydrogen-bond donors (Lipinski definition) is 3. The topological polar surface area (TPSA) is 136 Å². The standard InChI is InChI=1S/C14H14N6O3S/c1-24-13-17-6-7-2-3-8-10(12(15)21)19-20(5-4-16-14(22)23)11(8)9(7)18-13/h2-3,6,16H,4-5H2,1H3,(H2,15,21)(H,22,23). The summed E-state index contributed by atoms with van der Waals surface area (Å²) in [5.41, 5.74) is 6.81. The third-order valence-electron chi connectivity index (χ3n) is 3.45. The van der Waals surface area contributed by atoms with Crippen LogP contribution in [0.1, 0.15) is 10.5 Å². The van der Waals surface area contributed by atoms with Gasteiger partial charge in [-0.2, -0.15) is 5.10 Å². The molecular formula is C14H14N6O3S. The number of amides is 2. The summed E-state index contributed by atoms with van der Waals surface area (Å²) in [5.74, 6) is -0.650. The second kappa shape index (κ2) is 6.32. The number of thioether (sulfide) groups is 1. The number of nitrogens with two attached hydrogens (primary N) is 1. The molecule has 0 spiro atoms. The Morgan fingerprint density at radius 3 is 2.88 bits per heavy atom. The van der Waals surface area contributed by atoms with E-state index in [4.69, 9.17) is 10.8 Å². The molecule has 9 nitrogen and oxygen atoms in total. The zero-order valence-corrected chi connectivity index (χ0v) is 13.5. The zero-order valence-electron chi connectivity index (χ0n) is 12.7. The summed E-state index contributed by atoms with van der Waals surface area (Å²) in [4.78, 5) is 31.0. The van der Waals surface area contributed by atoms with E-state index in [2.05, 4.69) is 20.4 Å². The Hall–Kier alpha value is -2.88. The molecule has 3 rings (SSSR count). The van der Waals surface area contributed by atoms with Gasteiger partial charge in [-0.25, -0.2) is 14.8 Å². The Morgan fingerprint density at radius 2 is 2.21 bits per heavy atom. The summed E-state index contributed by atoms with van der Waals surface area (Å²) in [6.45, 7) is 0.384. The van der Waals surface area contributed by atoms with Gasteiger partial charge < -0.3 is 16.2 Å². The molecule has 3 aromatic rings. The third-order valence-corrected chi connectivity index (χ3v) is 4.02. The Labute approximate surface area is 140 Å². The molecule has 4 N–H and O–H groups in total. The third kappa shape index (κ3) is 2.83. The molecule has 2 heterocycles. The minimum atomic E-state index is -1.13. The predicted molar refractivity (Wildman–Crippen MR) is 89.2 cm³/mol. The van der Waals surface area contributed by atoms with E-state index in [9.17, 15) is 9.59 Å². The van der Waals surface area contributed by atoms with Gasteiger partial charge in [-0.05, 0) is 12.3 Å². The van der Waals surface area contributed by atoms with Crippen LogP contribution in [0.2, 0.25) is 0 Å². The molecule has 0 fully saturated rings. The number of benzene rings is 1. The lowest BCUT2D eigenvalue weighted by Crippen LogP contribution is -2.25. The Bertz CT molecular complexity index is 954. The van der Waals surface area contributed by atoms with Gasteiger partial charge in [-0.15, -0.1) is 0 Å². The van der Waals surface area contributed by atoms with Crippen LogP contribution in [0.15, 0.2) is 23.5 Å². The SMILES string of the molecule is CSc1ncc2ccc3c(C(N)=O)nn(CCNC(=O)O)c3c2n1. The molecule has 24 heavy (non-hydrogen) atoms. The molecule has 2 aromatic heterocycles. The van der Waals surface area contributed by atoms with Crippen molar-refractivity contribution in [2.75, 3.05) is 12.8 Å². The Morgan fingerprint density at radius 1 is 1.42 bits per heavy atom. The number of nitrogens with one attached hydrogen (secondary N) is 1. The molecule has 0 unspecified atom stereocenters. The summed E-state index contributed by atoms with van der Waals surface area (Å²) in [6, 6.07) is 3.55. The number of carbonyl (C=O) groups is 2. The van der Waals surface area contributed by atoms with Crippen LogP contribution in [0, 0.1) is 0 Å². The van der Waals surface area contributed by atoms with Gasteiger partial charge in [0, 0.05) is 23.5 Å². The van der Waals surface area contributed by atoms with E-state index in [1.807, 2.05) is 6.26 Å². The van der Waals surface area contributed by atoms with Crippen LogP contribution in [0.4, 0.5) is 4.79 Å². The maximum Gasteiger partial charge on any atom is 0.404 e.